The molecule has 2 heterocycles. The smallest absolute Gasteiger partial charge is 0.241 e. The van der Waals surface area contributed by atoms with Gasteiger partial charge in [0.2, 0.25) is 5.91 Å². The second-order valence-electron chi connectivity index (χ2n) is 4.95. The molecule has 0 N–H and O–H groups in total. The van der Waals surface area contributed by atoms with Gasteiger partial charge in [-0.25, -0.2) is 0 Å². The predicted molar refractivity (Wildman–Crippen MR) is 75.1 cm³/mol. The van der Waals surface area contributed by atoms with Gasteiger partial charge in [-0.2, -0.15) is 0 Å². The maximum absolute atomic E-state index is 12.3. The van der Waals surface area contributed by atoms with Gasteiger partial charge in [0.1, 0.15) is 12.2 Å². The first-order valence-electron chi connectivity index (χ1n) is 6.64. The third kappa shape index (κ3) is 2.55. The van der Waals surface area contributed by atoms with Crippen molar-refractivity contribution in [1.82, 2.24) is 19.7 Å². The van der Waals surface area contributed by atoms with Gasteiger partial charge in [-0.15, -0.1) is 10.2 Å². The maximum Gasteiger partial charge on any atom is 0.241 e. The van der Waals surface area contributed by atoms with Crippen LogP contribution >= 0.6 is 0 Å². The molecule has 1 saturated heterocycles. The average Bonchev–Trinajstić information content (AvgIpc) is 2.85. The van der Waals surface area contributed by atoms with Crippen molar-refractivity contribution in [3.63, 3.8) is 0 Å². The van der Waals surface area contributed by atoms with E-state index >= 15 is 0 Å². The summed E-state index contributed by atoms with van der Waals surface area (Å²) in [6.45, 7) is 2.63. The molecule has 1 aliphatic heterocycles. The van der Waals surface area contributed by atoms with E-state index in [9.17, 15) is 4.79 Å². The van der Waals surface area contributed by atoms with E-state index in [1.807, 2.05) is 46.8 Å². The van der Waals surface area contributed by atoms with Crippen LogP contribution in [0, 0.1) is 0 Å². The van der Waals surface area contributed by atoms with E-state index in [0.29, 0.717) is 19.6 Å². The number of amides is 1. The van der Waals surface area contributed by atoms with Crippen LogP contribution in [0.1, 0.15) is 5.82 Å². The Morgan fingerprint density at radius 3 is 2.65 bits per heavy atom. The number of rotatable bonds is 3. The summed E-state index contributed by atoms with van der Waals surface area (Å²) in [6.07, 6.45) is 1.68. The number of hydrogen-bond donors (Lipinski definition) is 0. The third-order valence-electron chi connectivity index (χ3n) is 3.54. The van der Waals surface area contributed by atoms with Crippen molar-refractivity contribution in [2.45, 2.75) is 6.54 Å². The van der Waals surface area contributed by atoms with Crippen molar-refractivity contribution in [2.75, 3.05) is 24.5 Å². The summed E-state index contributed by atoms with van der Waals surface area (Å²) < 4.78 is 1.88. The molecule has 0 atom stereocenters. The molecule has 104 valence electrons. The fourth-order valence-electron chi connectivity index (χ4n) is 2.39. The minimum atomic E-state index is 0.129. The number of aryl methyl sites for hydroxylation is 1. The van der Waals surface area contributed by atoms with Gasteiger partial charge < -0.3 is 9.47 Å². The van der Waals surface area contributed by atoms with Crippen molar-refractivity contribution < 1.29 is 4.79 Å². The molecule has 1 aromatic heterocycles. The highest BCUT2D eigenvalue weighted by Crippen LogP contribution is 2.17. The standard InChI is InChI=1S/C14H17N5O/c1-17-11-15-16-13(17)9-18-7-8-19(14(20)10-18)12-5-3-2-4-6-12/h2-6,11H,7-10H2,1H3. The zero-order chi connectivity index (χ0) is 13.9. The van der Waals surface area contributed by atoms with Crippen LogP contribution in [0.3, 0.4) is 0 Å². The number of carbonyl (C=O) groups is 1. The van der Waals surface area contributed by atoms with Gasteiger partial charge in [0, 0.05) is 25.8 Å². The van der Waals surface area contributed by atoms with E-state index in [0.717, 1.165) is 18.1 Å². The Balaban J connectivity index is 1.65. The fourth-order valence-corrected chi connectivity index (χ4v) is 2.39. The molecule has 0 bridgehead atoms. The maximum atomic E-state index is 12.3. The minimum Gasteiger partial charge on any atom is -0.320 e. The van der Waals surface area contributed by atoms with E-state index in [2.05, 4.69) is 15.1 Å². The molecule has 1 aromatic carbocycles. The van der Waals surface area contributed by atoms with E-state index < -0.39 is 0 Å². The predicted octanol–water partition coefficient (Wildman–Crippen LogP) is 0.664. The summed E-state index contributed by atoms with van der Waals surface area (Å²) in [5, 5.41) is 7.92. The molecular weight excluding hydrogens is 254 g/mol. The van der Waals surface area contributed by atoms with E-state index in [1.165, 1.54) is 0 Å². The number of hydrogen-bond acceptors (Lipinski definition) is 4. The molecule has 2 aromatic rings. The fraction of sp³-hybridized carbons (Fsp3) is 0.357. The summed E-state index contributed by atoms with van der Waals surface area (Å²) in [5.74, 6) is 1.01. The van der Waals surface area contributed by atoms with Crippen molar-refractivity contribution in [3.05, 3.63) is 42.5 Å². The highest BCUT2D eigenvalue weighted by Gasteiger charge is 2.25. The Labute approximate surface area is 117 Å². The van der Waals surface area contributed by atoms with Crippen molar-refractivity contribution in [2.24, 2.45) is 7.05 Å². The Hall–Kier alpha value is -2.21. The van der Waals surface area contributed by atoms with Gasteiger partial charge in [0.15, 0.2) is 0 Å². The molecule has 0 unspecified atom stereocenters. The van der Waals surface area contributed by atoms with Gasteiger partial charge in [0.25, 0.3) is 0 Å². The third-order valence-corrected chi connectivity index (χ3v) is 3.54. The van der Waals surface area contributed by atoms with Crippen LogP contribution in [0.5, 0.6) is 0 Å². The summed E-state index contributed by atoms with van der Waals surface area (Å²) in [7, 11) is 1.91. The lowest BCUT2D eigenvalue weighted by molar-refractivity contribution is -0.121. The van der Waals surface area contributed by atoms with Gasteiger partial charge in [-0.3, -0.25) is 9.69 Å². The normalized spacial score (nSPS) is 16.6. The summed E-state index contributed by atoms with van der Waals surface area (Å²) in [4.78, 5) is 16.2. The quantitative estimate of drug-likeness (QED) is 0.823. The minimum absolute atomic E-state index is 0.129. The van der Waals surface area contributed by atoms with E-state index in [4.69, 9.17) is 0 Å². The largest absolute Gasteiger partial charge is 0.320 e. The Morgan fingerprint density at radius 1 is 1.20 bits per heavy atom. The van der Waals surface area contributed by atoms with Gasteiger partial charge in [-0.1, -0.05) is 18.2 Å². The van der Waals surface area contributed by atoms with E-state index in [1.54, 1.807) is 6.33 Å². The van der Waals surface area contributed by atoms with E-state index in [-0.39, 0.29) is 5.91 Å². The molecule has 20 heavy (non-hydrogen) atoms. The number of piperazine rings is 1. The van der Waals surface area contributed by atoms with Crippen LogP contribution in [-0.2, 0) is 18.4 Å². The summed E-state index contributed by atoms with van der Waals surface area (Å²) in [6, 6.07) is 9.80. The topological polar surface area (TPSA) is 54.3 Å². The number of anilines is 1. The van der Waals surface area contributed by atoms with Crippen LogP contribution in [-0.4, -0.2) is 45.2 Å². The first-order chi connectivity index (χ1) is 9.74. The zero-order valence-corrected chi connectivity index (χ0v) is 11.4. The molecule has 6 heteroatoms. The summed E-state index contributed by atoms with van der Waals surface area (Å²) >= 11 is 0. The molecule has 1 fully saturated rings. The first-order valence-corrected chi connectivity index (χ1v) is 6.64. The second kappa shape index (κ2) is 5.42. The lowest BCUT2D eigenvalue weighted by Gasteiger charge is -2.33. The van der Waals surface area contributed by atoms with Crippen molar-refractivity contribution in [1.29, 1.82) is 0 Å². The second-order valence-corrected chi connectivity index (χ2v) is 4.95. The average molecular weight is 271 g/mol. The molecule has 0 saturated carbocycles. The number of para-hydroxylation sites is 1. The van der Waals surface area contributed by atoms with Crippen LogP contribution in [0.15, 0.2) is 36.7 Å². The highest BCUT2D eigenvalue weighted by atomic mass is 16.2. The number of nitrogens with zero attached hydrogens (tertiary/aromatic N) is 5. The molecule has 0 radical (unpaired) electrons. The van der Waals surface area contributed by atoms with Crippen molar-refractivity contribution >= 4 is 11.6 Å². The SMILES string of the molecule is Cn1cnnc1CN1CCN(c2ccccc2)C(=O)C1. The molecular formula is C14H17N5O. The number of aromatic nitrogens is 3. The molecule has 1 amide bonds. The van der Waals surface area contributed by atoms with Gasteiger partial charge >= 0.3 is 0 Å². The molecule has 0 aliphatic carbocycles. The van der Waals surface area contributed by atoms with Gasteiger partial charge in [0.05, 0.1) is 13.1 Å². The zero-order valence-electron chi connectivity index (χ0n) is 11.4. The van der Waals surface area contributed by atoms with Gasteiger partial charge in [-0.05, 0) is 12.1 Å². The first kappa shape index (κ1) is 12.8. The Morgan fingerprint density at radius 2 is 2.00 bits per heavy atom. The number of benzene rings is 1. The van der Waals surface area contributed by atoms with Crippen LogP contribution in [0.2, 0.25) is 0 Å². The molecule has 3 rings (SSSR count). The van der Waals surface area contributed by atoms with Crippen LogP contribution in [0.25, 0.3) is 0 Å². The lowest BCUT2D eigenvalue weighted by atomic mass is 10.2. The number of carbonyl (C=O) groups excluding carboxylic acids is 1. The lowest BCUT2D eigenvalue weighted by Crippen LogP contribution is -2.50. The Bertz CT molecular complexity index is 595. The van der Waals surface area contributed by atoms with Crippen LogP contribution in [0.4, 0.5) is 5.69 Å². The monoisotopic (exact) mass is 271 g/mol. The summed E-state index contributed by atoms with van der Waals surface area (Å²) in [5.41, 5.74) is 0.968. The molecule has 0 spiro atoms. The molecule has 1 aliphatic rings. The molecule has 6 nitrogen and oxygen atoms in total. The van der Waals surface area contributed by atoms with Crippen LogP contribution < -0.4 is 4.90 Å². The highest BCUT2D eigenvalue weighted by molar-refractivity contribution is 5.95. The Kier molecular flexibility index (Phi) is 3.47. The van der Waals surface area contributed by atoms with Crippen molar-refractivity contribution in [3.8, 4) is 0 Å².